The lowest BCUT2D eigenvalue weighted by atomic mass is 9.96. The zero-order valence-electron chi connectivity index (χ0n) is 15.0. The summed E-state index contributed by atoms with van der Waals surface area (Å²) in [6, 6.07) is 6.27. The Labute approximate surface area is 148 Å². The Morgan fingerprint density at radius 3 is 3.04 bits per heavy atom. The maximum atomic E-state index is 12.9. The number of nitrogens with zero attached hydrogens (tertiary/aromatic N) is 2. The Morgan fingerprint density at radius 1 is 1.32 bits per heavy atom. The van der Waals surface area contributed by atoms with Gasteiger partial charge in [-0.15, -0.1) is 0 Å². The normalized spacial score (nSPS) is 21.5. The number of nitrogens with one attached hydrogen (secondary N) is 1. The van der Waals surface area contributed by atoms with Crippen LogP contribution >= 0.6 is 0 Å². The number of hydrogen-bond acceptors (Lipinski definition) is 3. The Hall–Kier alpha value is -2.30. The van der Waals surface area contributed by atoms with Gasteiger partial charge in [-0.05, 0) is 57.2 Å². The van der Waals surface area contributed by atoms with E-state index in [1.165, 1.54) is 5.56 Å². The maximum absolute atomic E-state index is 12.9. The Bertz CT molecular complexity index is 837. The summed E-state index contributed by atoms with van der Waals surface area (Å²) in [6.07, 6.45) is 3.84. The zero-order chi connectivity index (χ0) is 17.4. The van der Waals surface area contributed by atoms with Gasteiger partial charge in [-0.3, -0.25) is 4.79 Å². The van der Waals surface area contributed by atoms with Crippen LogP contribution in [0.5, 0.6) is 0 Å². The first-order valence-corrected chi connectivity index (χ1v) is 9.20. The van der Waals surface area contributed by atoms with Crippen molar-refractivity contribution in [1.29, 1.82) is 0 Å². The van der Waals surface area contributed by atoms with Crippen molar-refractivity contribution in [3.63, 3.8) is 0 Å². The summed E-state index contributed by atoms with van der Waals surface area (Å²) in [5, 5.41) is 0. The number of carbonyl (C=O) groups excluding carboxylic acids is 1. The molecular weight excluding hydrogens is 314 g/mol. The SMILES string of the molecule is CC1=C(C(=O)N2CCC[C@@H](c3nc4ccc(C)cc4[nH]3)C2)CCCO1. The predicted octanol–water partition coefficient (Wildman–Crippen LogP) is 3.66. The molecular formula is C20H25N3O2. The number of fused-ring (bicyclic) bond motifs is 1. The van der Waals surface area contributed by atoms with E-state index in [1.807, 2.05) is 11.8 Å². The van der Waals surface area contributed by atoms with E-state index < -0.39 is 0 Å². The van der Waals surface area contributed by atoms with Gasteiger partial charge in [0.05, 0.1) is 23.2 Å². The van der Waals surface area contributed by atoms with E-state index in [0.717, 1.165) is 73.6 Å². The van der Waals surface area contributed by atoms with Gasteiger partial charge in [-0.1, -0.05) is 6.07 Å². The Morgan fingerprint density at radius 2 is 2.20 bits per heavy atom. The number of H-pyrrole nitrogens is 1. The summed E-state index contributed by atoms with van der Waals surface area (Å²) in [4.78, 5) is 23.1. The number of benzene rings is 1. The number of piperidine rings is 1. The van der Waals surface area contributed by atoms with E-state index in [1.54, 1.807) is 0 Å². The number of imidazole rings is 1. The van der Waals surface area contributed by atoms with E-state index in [2.05, 4.69) is 30.1 Å². The van der Waals surface area contributed by atoms with Crippen molar-refractivity contribution in [3.8, 4) is 0 Å². The molecule has 2 aromatic rings. The molecule has 0 radical (unpaired) electrons. The third-order valence-electron chi connectivity index (χ3n) is 5.32. The van der Waals surface area contributed by atoms with Crippen LogP contribution in [0.15, 0.2) is 29.5 Å². The van der Waals surface area contributed by atoms with Crippen molar-refractivity contribution in [1.82, 2.24) is 14.9 Å². The van der Waals surface area contributed by atoms with E-state index in [-0.39, 0.29) is 11.8 Å². The van der Waals surface area contributed by atoms with E-state index in [4.69, 9.17) is 9.72 Å². The monoisotopic (exact) mass is 339 g/mol. The quantitative estimate of drug-likeness (QED) is 0.908. The van der Waals surface area contributed by atoms with Crippen LogP contribution in [0.1, 0.15) is 49.9 Å². The maximum Gasteiger partial charge on any atom is 0.253 e. The minimum Gasteiger partial charge on any atom is -0.498 e. The number of hydrogen-bond donors (Lipinski definition) is 1. The molecule has 2 aliphatic rings. The summed E-state index contributed by atoms with van der Waals surface area (Å²) in [6.45, 7) is 6.28. The highest BCUT2D eigenvalue weighted by molar-refractivity contribution is 5.94. The van der Waals surface area contributed by atoms with Gasteiger partial charge in [0.1, 0.15) is 11.6 Å². The molecule has 0 saturated carbocycles. The number of aromatic nitrogens is 2. The standard InChI is InChI=1S/C20H25N3O2/c1-13-7-8-17-18(11-13)22-19(21-17)15-5-3-9-23(12-15)20(24)16-6-4-10-25-14(16)2/h7-8,11,15H,3-6,9-10,12H2,1-2H3,(H,21,22)/t15-/m1/s1. The van der Waals surface area contributed by atoms with Gasteiger partial charge in [0, 0.05) is 19.0 Å². The summed E-state index contributed by atoms with van der Waals surface area (Å²) in [7, 11) is 0. The number of carbonyl (C=O) groups is 1. The summed E-state index contributed by atoms with van der Waals surface area (Å²) < 4.78 is 5.58. The summed E-state index contributed by atoms with van der Waals surface area (Å²) >= 11 is 0. The van der Waals surface area contributed by atoms with Crippen LogP contribution < -0.4 is 0 Å². The van der Waals surface area contributed by atoms with Crippen LogP contribution in [0.25, 0.3) is 11.0 Å². The molecule has 0 unspecified atom stereocenters. The lowest BCUT2D eigenvalue weighted by molar-refractivity contribution is -0.129. The van der Waals surface area contributed by atoms with Crippen LogP contribution in [0.2, 0.25) is 0 Å². The molecule has 132 valence electrons. The molecule has 0 aliphatic carbocycles. The largest absolute Gasteiger partial charge is 0.498 e. The molecule has 1 aromatic carbocycles. The van der Waals surface area contributed by atoms with Crippen molar-refractivity contribution in [2.75, 3.05) is 19.7 Å². The van der Waals surface area contributed by atoms with E-state index >= 15 is 0 Å². The molecule has 3 heterocycles. The number of likely N-dealkylation sites (tertiary alicyclic amines) is 1. The summed E-state index contributed by atoms with van der Waals surface area (Å²) in [5.74, 6) is 2.23. The molecule has 1 fully saturated rings. The topological polar surface area (TPSA) is 58.2 Å². The fourth-order valence-electron chi connectivity index (χ4n) is 3.91. The number of ether oxygens (including phenoxy) is 1. The second kappa shape index (κ2) is 6.54. The highest BCUT2D eigenvalue weighted by Gasteiger charge is 2.30. The van der Waals surface area contributed by atoms with Gasteiger partial charge in [0.25, 0.3) is 5.91 Å². The second-order valence-corrected chi connectivity index (χ2v) is 7.22. The van der Waals surface area contributed by atoms with Crippen molar-refractivity contribution in [2.24, 2.45) is 0 Å². The van der Waals surface area contributed by atoms with Crippen LogP contribution in [0.4, 0.5) is 0 Å². The van der Waals surface area contributed by atoms with Crippen LogP contribution in [-0.4, -0.2) is 40.5 Å². The summed E-state index contributed by atoms with van der Waals surface area (Å²) in [5.41, 5.74) is 4.16. The fourth-order valence-corrected chi connectivity index (χ4v) is 3.91. The lowest BCUT2D eigenvalue weighted by Crippen LogP contribution is -2.40. The van der Waals surface area contributed by atoms with Crippen LogP contribution in [-0.2, 0) is 9.53 Å². The number of rotatable bonds is 2. The van der Waals surface area contributed by atoms with Crippen LogP contribution in [0.3, 0.4) is 0 Å². The molecule has 5 nitrogen and oxygen atoms in total. The molecule has 1 saturated heterocycles. The van der Waals surface area contributed by atoms with Crippen molar-refractivity contribution in [3.05, 3.63) is 40.9 Å². The molecule has 1 amide bonds. The highest BCUT2D eigenvalue weighted by atomic mass is 16.5. The van der Waals surface area contributed by atoms with Gasteiger partial charge in [0.2, 0.25) is 0 Å². The zero-order valence-corrected chi connectivity index (χ0v) is 15.0. The first kappa shape index (κ1) is 16.2. The third kappa shape index (κ3) is 3.15. The smallest absolute Gasteiger partial charge is 0.253 e. The fraction of sp³-hybridized carbons (Fsp3) is 0.500. The Kier molecular flexibility index (Phi) is 4.24. The van der Waals surface area contributed by atoms with Crippen molar-refractivity contribution >= 4 is 16.9 Å². The van der Waals surface area contributed by atoms with Crippen molar-refractivity contribution in [2.45, 2.75) is 45.4 Å². The third-order valence-corrected chi connectivity index (χ3v) is 5.32. The van der Waals surface area contributed by atoms with Gasteiger partial charge in [-0.2, -0.15) is 0 Å². The molecule has 1 aromatic heterocycles. The number of aryl methyl sites for hydroxylation is 1. The van der Waals surface area contributed by atoms with Gasteiger partial charge < -0.3 is 14.6 Å². The number of aromatic amines is 1. The van der Waals surface area contributed by atoms with Crippen molar-refractivity contribution < 1.29 is 9.53 Å². The molecule has 2 aliphatic heterocycles. The first-order chi connectivity index (χ1) is 12.1. The second-order valence-electron chi connectivity index (χ2n) is 7.22. The molecule has 0 spiro atoms. The average Bonchev–Trinajstić information content (AvgIpc) is 3.05. The lowest BCUT2D eigenvalue weighted by Gasteiger charge is -2.33. The number of allylic oxidation sites excluding steroid dienone is 1. The Balaban J connectivity index is 1.54. The van der Waals surface area contributed by atoms with Gasteiger partial charge >= 0.3 is 0 Å². The molecule has 0 bridgehead atoms. The number of amides is 1. The first-order valence-electron chi connectivity index (χ1n) is 9.20. The minimum atomic E-state index is 0.147. The van der Waals surface area contributed by atoms with Crippen LogP contribution in [0, 0.1) is 6.92 Å². The molecule has 1 N–H and O–H groups in total. The molecule has 1 atom stereocenters. The molecule has 4 rings (SSSR count). The average molecular weight is 339 g/mol. The highest BCUT2D eigenvalue weighted by Crippen LogP contribution is 2.29. The van der Waals surface area contributed by atoms with E-state index in [9.17, 15) is 4.79 Å². The van der Waals surface area contributed by atoms with E-state index in [0.29, 0.717) is 0 Å². The van der Waals surface area contributed by atoms with Gasteiger partial charge in [0.15, 0.2) is 0 Å². The molecule has 25 heavy (non-hydrogen) atoms. The predicted molar refractivity (Wildman–Crippen MR) is 97.3 cm³/mol. The minimum absolute atomic E-state index is 0.147. The molecule has 5 heteroatoms. The van der Waals surface area contributed by atoms with Gasteiger partial charge in [-0.25, -0.2) is 4.98 Å².